The van der Waals surface area contributed by atoms with Gasteiger partial charge in [0.1, 0.15) is 17.0 Å². The molecule has 0 aliphatic carbocycles. The number of ether oxygens (including phenoxy) is 1. The maximum Gasteiger partial charge on any atom is 0.323 e. The van der Waals surface area contributed by atoms with Crippen molar-refractivity contribution in [1.29, 1.82) is 0 Å². The van der Waals surface area contributed by atoms with Crippen LogP contribution in [-0.4, -0.2) is 51.3 Å². The van der Waals surface area contributed by atoms with Crippen molar-refractivity contribution in [2.75, 3.05) is 19.8 Å². The summed E-state index contributed by atoms with van der Waals surface area (Å²) in [5.74, 6) is -0.117. The third kappa shape index (κ3) is 2.59. The molecule has 1 fully saturated rings. The second kappa shape index (κ2) is 5.03. The summed E-state index contributed by atoms with van der Waals surface area (Å²) in [6.07, 6.45) is 1.56. The van der Waals surface area contributed by atoms with Crippen LogP contribution in [0.3, 0.4) is 0 Å². The van der Waals surface area contributed by atoms with Gasteiger partial charge in [-0.2, -0.15) is 0 Å². The van der Waals surface area contributed by atoms with Gasteiger partial charge < -0.3 is 14.4 Å². The molecule has 1 saturated heterocycles. The summed E-state index contributed by atoms with van der Waals surface area (Å²) in [7, 11) is 1.81. The average Bonchev–Trinajstić information content (AvgIpc) is 2.61. The Bertz CT molecular complexity index is 421. The Morgan fingerprint density at radius 3 is 3.12 bits per heavy atom. The smallest absolute Gasteiger partial charge is 0.323 e. The van der Waals surface area contributed by atoms with Crippen LogP contribution in [0.1, 0.15) is 5.82 Å². The number of halogens is 1. The SMILES string of the molecule is Cn1c(Cl)cnc1CN1CCOCC1C(=O)O. The van der Waals surface area contributed by atoms with E-state index in [0.717, 1.165) is 5.82 Å². The maximum atomic E-state index is 11.1. The number of hydrogen-bond donors (Lipinski definition) is 1. The molecule has 1 unspecified atom stereocenters. The van der Waals surface area contributed by atoms with E-state index < -0.39 is 12.0 Å². The van der Waals surface area contributed by atoms with Crippen molar-refractivity contribution in [2.45, 2.75) is 12.6 Å². The molecule has 0 saturated carbocycles. The van der Waals surface area contributed by atoms with E-state index in [1.54, 1.807) is 17.8 Å². The number of aromatic nitrogens is 2. The van der Waals surface area contributed by atoms with Crippen LogP contribution in [0.15, 0.2) is 6.20 Å². The molecular weight excluding hydrogens is 246 g/mol. The van der Waals surface area contributed by atoms with E-state index in [-0.39, 0.29) is 6.61 Å². The lowest BCUT2D eigenvalue weighted by Gasteiger charge is -2.32. The molecule has 1 N–H and O–H groups in total. The third-order valence-corrected chi connectivity index (χ3v) is 3.25. The number of aliphatic carboxylic acids is 1. The van der Waals surface area contributed by atoms with E-state index in [2.05, 4.69) is 4.98 Å². The van der Waals surface area contributed by atoms with Crippen LogP contribution < -0.4 is 0 Å². The van der Waals surface area contributed by atoms with Gasteiger partial charge in [0.25, 0.3) is 0 Å². The summed E-state index contributed by atoms with van der Waals surface area (Å²) in [5.41, 5.74) is 0. The highest BCUT2D eigenvalue weighted by atomic mass is 35.5. The van der Waals surface area contributed by atoms with Crippen molar-refractivity contribution in [3.8, 4) is 0 Å². The summed E-state index contributed by atoms with van der Waals surface area (Å²) in [4.78, 5) is 17.1. The molecule has 6 nitrogen and oxygen atoms in total. The summed E-state index contributed by atoms with van der Waals surface area (Å²) >= 11 is 5.89. The Morgan fingerprint density at radius 1 is 1.76 bits per heavy atom. The Balaban J connectivity index is 2.10. The van der Waals surface area contributed by atoms with Crippen molar-refractivity contribution in [3.05, 3.63) is 17.2 Å². The molecule has 0 spiro atoms. The van der Waals surface area contributed by atoms with Crippen molar-refractivity contribution in [1.82, 2.24) is 14.5 Å². The van der Waals surface area contributed by atoms with Crippen molar-refractivity contribution < 1.29 is 14.6 Å². The first-order chi connectivity index (χ1) is 8.09. The monoisotopic (exact) mass is 259 g/mol. The Morgan fingerprint density at radius 2 is 2.53 bits per heavy atom. The molecule has 2 rings (SSSR count). The van der Waals surface area contributed by atoms with Gasteiger partial charge in [0.05, 0.1) is 26.0 Å². The molecule has 0 bridgehead atoms. The van der Waals surface area contributed by atoms with Crippen LogP contribution in [0, 0.1) is 0 Å². The maximum absolute atomic E-state index is 11.1. The molecular formula is C10H14ClN3O3. The van der Waals surface area contributed by atoms with E-state index in [4.69, 9.17) is 21.4 Å². The van der Waals surface area contributed by atoms with Crippen LogP contribution in [0.5, 0.6) is 0 Å². The number of morpholine rings is 1. The summed E-state index contributed by atoms with van der Waals surface area (Å²) in [6.45, 7) is 1.81. The lowest BCUT2D eigenvalue weighted by Crippen LogP contribution is -2.49. The van der Waals surface area contributed by atoms with E-state index in [9.17, 15) is 4.79 Å². The van der Waals surface area contributed by atoms with Gasteiger partial charge in [0.15, 0.2) is 0 Å². The molecule has 17 heavy (non-hydrogen) atoms. The molecule has 1 aliphatic rings. The molecule has 0 amide bonds. The van der Waals surface area contributed by atoms with Gasteiger partial charge in [-0.3, -0.25) is 9.69 Å². The summed E-state index contributed by atoms with van der Waals surface area (Å²) in [6, 6.07) is -0.612. The molecule has 94 valence electrons. The highest BCUT2D eigenvalue weighted by molar-refractivity contribution is 6.29. The van der Waals surface area contributed by atoms with Crippen molar-refractivity contribution in [3.63, 3.8) is 0 Å². The second-order valence-corrected chi connectivity index (χ2v) is 4.34. The minimum atomic E-state index is -0.870. The Hall–Kier alpha value is -1.11. The largest absolute Gasteiger partial charge is 0.480 e. The van der Waals surface area contributed by atoms with Crippen molar-refractivity contribution >= 4 is 17.6 Å². The first kappa shape index (κ1) is 12.3. The highest BCUT2D eigenvalue weighted by Gasteiger charge is 2.29. The predicted octanol–water partition coefficient (Wildman–Crippen LogP) is 0.359. The lowest BCUT2D eigenvalue weighted by atomic mass is 10.2. The lowest BCUT2D eigenvalue weighted by molar-refractivity contribution is -0.150. The van der Waals surface area contributed by atoms with Crippen LogP contribution in [0.25, 0.3) is 0 Å². The number of nitrogens with zero attached hydrogens (tertiary/aromatic N) is 3. The fourth-order valence-electron chi connectivity index (χ4n) is 1.81. The van der Waals surface area contributed by atoms with Crippen LogP contribution in [0.2, 0.25) is 5.15 Å². The average molecular weight is 260 g/mol. The zero-order valence-electron chi connectivity index (χ0n) is 9.47. The zero-order valence-corrected chi connectivity index (χ0v) is 10.2. The molecule has 1 aromatic rings. The number of rotatable bonds is 3. The molecule has 1 aromatic heterocycles. The minimum absolute atomic E-state index is 0.216. The first-order valence-corrected chi connectivity index (χ1v) is 5.68. The van der Waals surface area contributed by atoms with E-state index >= 15 is 0 Å². The van der Waals surface area contributed by atoms with Gasteiger partial charge >= 0.3 is 5.97 Å². The van der Waals surface area contributed by atoms with E-state index in [1.165, 1.54) is 0 Å². The number of carbonyl (C=O) groups is 1. The van der Waals surface area contributed by atoms with Crippen LogP contribution in [-0.2, 0) is 23.1 Å². The molecule has 7 heteroatoms. The zero-order chi connectivity index (χ0) is 12.4. The molecule has 1 aliphatic heterocycles. The fourth-order valence-corrected chi connectivity index (χ4v) is 1.95. The normalized spacial score (nSPS) is 21.6. The predicted molar refractivity (Wildman–Crippen MR) is 60.9 cm³/mol. The van der Waals surface area contributed by atoms with Crippen molar-refractivity contribution in [2.24, 2.45) is 7.05 Å². The number of carboxylic acid groups (broad SMARTS) is 1. The van der Waals surface area contributed by atoms with Gasteiger partial charge in [0.2, 0.25) is 0 Å². The number of hydrogen-bond acceptors (Lipinski definition) is 4. The summed E-state index contributed by atoms with van der Waals surface area (Å²) < 4.78 is 6.92. The Kier molecular flexibility index (Phi) is 3.66. The van der Waals surface area contributed by atoms with Gasteiger partial charge in [-0.25, -0.2) is 4.98 Å². The van der Waals surface area contributed by atoms with E-state index in [0.29, 0.717) is 24.8 Å². The second-order valence-electron chi connectivity index (χ2n) is 3.96. The topological polar surface area (TPSA) is 67.6 Å². The molecule has 2 heterocycles. The molecule has 1 atom stereocenters. The van der Waals surface area contributed by atoms with Gasteiger partial charge in [-0.1, -0.05) is 11.6 Å². The Labute approximate surface area is 104 Å². The molecule has 0 aromatic carbocycles. The first-order valence-electron chi connectivity index (χ1n) is 5.30. The van der Waals surface area contributed by atoms with Gasteiger partial charge in [0, 0.05) is 13.6 Å². The molecule has 0 radical (unpaired) electrons. The highest BCUT2D eigenvalue weighted by Crippen LogP contribution is 2.14. The number of carboxylic acids is 1. The minimum Gasteiger partial charge on any atom is -0.480 e. The van der Waals surface area contributed by atoms with E-state index in [1.807, 2.05) is 4.90 Å². The standard InChI is InChI=1S/C10H14ClN3O3/c1-13-8(11)4-12-9(13)5-14-2-3-17-6-7(14)10(15)16/h4,7H,2-3,5-6H2,1H3,(H,15,16). The fraction of sp³-hybridized carbons (Fsp3) is 0.600. The van der Waals surface area contributed by atoms with Gasteiger partial charge in [-0.15, -0.1) is 0 Å². The van der Waals surface area contributed by atoms with Crippen LogP contribution in [0.4, 0.5) is 0 Å². The van der Waals surface area contributed by atoms with Gasteiger partial charge in [-0.05, 0) is 0 Å². The number of imidazole rings is 1. The quantitative estimate of drug-likeness (QED) is 0.849. The van der Waals surface area contributed by atoms with Crippen LogP contribution >= 0.6 is 11.6 Å². The summed E-state index contributed by atoms with van der Waals surface area (Å²) in [5, 5.41) is 9.63. The third-order valence-electron chi connectivity index (χ3n) is 2.90.